The summed E-state index contributed by atoms with van der Waals surface area (Å²) in [5.74, 6) is -2.01. The summed E-state index contributed by atoms with van der Waals surface area (Å²) in [6.07, 6.45) is 1.25. The number of nitrogens with zero attached hydrogens (tertiary/aromatic N) is 1. The summed E-state index contributed by atoms with van der Waals surface area (Å²) < 4.78 is 13.4. The van der Waals surface area contributed by atoms with E-state index in [0.29, 0.717) is 13.0 Å². The number of hydrogen-bond donors (Lipinski definition) is 2. The van der Waals surface area contributed by atoms with Crippen LogP contribution in [0.25, 0.3) is 0 Å². The highest BCUT2D eigenvalue weighted by Gasteiger charge is 2.25. The van der Waals surface area contributed by atoms with Crippen LogP contribution in [0.4, 0.5) is 10.1 Å². The third kappa shape index (κ3) is 2.90. The SMILES string of the molecule is O=C(NC1CCCNC1=O)c1ccc([N+](=O)[O-])c(F)c1. The summed E-state index contributed by atoms with van der Waals surface area (Å²) in [4.78, 5) is 33.0. The molecule has 0 saturated carbocycles. The second-order valence-corrected chi connectivity index (χ2v) is 4.38. The van der Waals surface area contributed by atoms with E-state index in [1.165, 1.54) is 0 Å². The van der Waals surface area contributed by atoms with Gasteiger partial charge in [-0.15, -0.1) is 0 Å². The Kier molecular flexibility index (Phi) is 3.92. The van der Waals surface area contributed by atoms with E-state index in [0.717, 1.165) is 24.6 Å². The zero-order valence-electron chi connectivity index (χ0n) is 10.4. The fourth-order valence-electron chi connectivity index (χ4n) is 1.95. The summed E-state index contributed by atoms with van der Waals surface area (Å²) in [5.41, 5.74) is -0.761. The summed E-state index contributed by atoms with van der Waals surface area (Å²) in [6.45, 7) is 0.567. The molecule has 0 radical (unpaired) electrons. The molecule has 7 nitrogen and oxygen atoms in total. The van der Waals surface area contributed by atoms with Crippen LogP contribution in [0, 0.1) is 15.9 Å². The lowest BCUT2D eigenvalue weighted by atomic mass is 10.1. The molecule has 1 atom stereocenters. The molecule has 2 rings (SSSR count). The molecule has 2 N–H and O–H groups in total. The Morgan fingerprint density at radius 2 is 2.25 bits per heavy atom. The molecule has 0 spiro atoms. The molecular weight excluding hydrogens is 269 g/mol. The fraction of sp³-hybridized carbons (Fsp3) is 0.333. The van der Waals surface area contributed by atoms with Gasteiger partial charge in [0.2, 0.25) is 11.7 Å². The van der Waals surface area contributed by atoms with Crippen LogP contribution in [0.5, 0.6) is 0 Å². The first-order chi connectivity index (χ1) is 9.49. The lowest BCUT2D eigenvalue weighted by Gasteiger charge is -2.22. The van der Waals surface area contributed by atoms with Crippen molar-refractivity contribution in [3.05, 3.63) is 39.7 Å². The number of nitrogens with one attached hydrogen (secondary N) is 2. The molecule has 2 amide bonds. The van der Waals surface area contributed by atoms with E-state index in [4.69, 9.17) is 0 Å². The molecule has 0 aliphatic carbocycles. The number of nitro benzene ring substituents is 1. The first-order valence-electron chi connectivity index (χ1n) is 6.01. The molecule has 1 aromatic carbocycles. The number of carbonyl (C=O) groups excluding carboxylic acids is 2. The van der Waals surface area contributed by atoms with Crippen LogP contribution in [0.2, 0.25) is 0 Å². The number of benzene rings is 1. The Labute approximate surface area is 113 Å². The number of hydrogen-bond acceptors (Lipinski definition) is 4. The smallest absolute Gasteiger partial charge is 0.304 e. The topological polar surface area (TPSA) is 101 Å². The number of rotatable bonds is 3. The molecule has 106 valence electrons. The van der Waals surface area contributed by atoms with Gasteiger partial charge in [0.1, 0.15) is 6.04 Å². The van der Waals surface area contributed by atoms with Crippen molar-refractivity contribution in [3.63, 3.8) is 0 Å². The van der Waals surface area contributed by atoms with Gasteiger partial charge in [-0.2, -0.15) is 4.39 Å². The average Bonchev–Trinajstić information content (AvgIpc) is 2.40. The summed E-state index contributed by atoms with van der Waals surface area (Å²) in [7, 11) is 0. The van der Waals surface area contributed by atoms with Crippen LogP contribution in [-0.2, 0) is 4.79 Å². The Morgan fingerprint density at radius 1 is 1.50 bits per heavy atom. The molecular formula is C12H12FN3O4. The van der Waals surface area contributed by atoms with Crippen LogP contribution < -0.4 is 10.6 Å². The van der Waals surface area contributed by atoms with E-state index in [1.54, 1.807) is 0 Å². The molecule has 0 bridgehead atoms. The molecule has 1 aliphatic rings. The van der Waals surface area contributed by atoms with E-state index in [9.17, 15) is 24.1 Å². The van der Waals surface area contributed by atoms with Crippen LogP contribution >= 0.6 is 0 Å². The van der Waals surface area contributed by atoms with Gasteiger partial charge >= 0.3 is 5.69 Å². The quantitative estimate of drug-likeness (QED) is 0.630. The maximum Gasteiger partial charge on any atom is 0.304 e. The van der Waals surface area contributed by atoms with E-state index in [-0.39, 0.29) is 11.5 Å². The normalized spacial score (nSPS) is 18.2. The predicted octanol–water partition coefficient (Wildman–Crippen LogP) is 0.742. The molecule has 1 saturated heterocycles. The third-order valence-corrected chi connectivity index (χ3v) is 3.00. The van der Waals surface area contributed by atoms with Gasteiger partial charge in [-0.3, -0.25) is 19.7 Å². The minimum Gasteiger partial charge on any atom is -0.354 e. The Balaban J connectivity index is 2.11. The van der Waals surface area contributed by atoms with Gasteiger partial charge in [-0.25, -0.2) is 0 Å². The number of piperidine rings is 1. The van der Waals surface area contributed by atoms with Crippen molar-refractivity contribution in [1.29, 1.82) is 0 Å². The van der Waals surface area contributed by atoms with Crippen molar-refractivity contribution in [2.45, 2.75) is 18.9 Å². The average molecular weight is 281 g/mol. The van der Waals surface area contributed by atoms with Crippen molar-refractivity contribution >= 4 is 17.5 Å². The Hall–Kier alpha value is -2.51. The number of nitro groups is 1. The lowest BCUT2D eigenvalue weighted by molar-refractivity contribution is -0.387. The number of amides is 2. The zero-order chi connectivity index (χ0) is 14.7. The first kappa shape index (κ1) is 13.9. The van der Waals surface area contributed by atoms with Crippen LogP contribution in [0.3, 0.4) is 0 Å². The molecule has 20 heavy (non-hydrogen) atoms. The standard InChI is InChI=1S/C12H12FN3O4/c13-8-6-7(3-4-10(8)16(19)20)11(17)15-9-2-1-5-14-12(9)18/h3-4,6,9H,1-2,5H2,(H,14,18)(H,15,17). The third-order valence-electron chi connectivity index (χ3n) is 3.00. The van der Waals surface area contributed by atoms with Gasteiger partial charge < -0.3 is 10.6 Å². The summed E-state index contributed by atoms with van der Waals surface area (Å²) in [6, 6.07) is 2.20. The van der Waals surface area contributed by atoms with E-state index in [2.05, 4.69) is 10.6 Å². The van der Waals surface area contributed by atoms with Gasteiger partial charge in [0.25, 0.3) is 5.91 Å². The number of halogens is 1. The predicted molar refractivity (Wildman–Crippen MR) is 66.6 cm³/mol. The first-order valence-corrected chi connectivity index (χ1v) is 6.01. The molecule has 1 aliphatic heterocycles. The van der Waals surface area contributed by atoms with Gasteiger partial charge in [-0.1, -0.05) is 0 Å². The van der Waals surface area contributed by atoms with Crippen molar-refractivity contribution in [2.75, 3.05) is 6.54 Å². The second kappa shape index (κ2) is 5.64. The van der Waals surface area contributed by atoms with Crippen molar-refractivity contribution in [1.82, 2.24) is 10.6 Å². The molecule has 8 heteroatoms. The fourth-order valence-corrected chi connectivity index (χ4v) is 1.95. The molecule has 1 unspecified atom stereocenters. The highest BCUT2D eigenvalue weighted by molar-refractivity contribution is 5.97. The van der Waals surface area contributed by atoms with Crippen LogP contribution in [-0.4, -0.2) is 29.3 Å². The Morgan fingerprint density at radius 3 is 2.85 bits per heavy atom. The minimum atomic E-state index is -1.09. The van der Waals surface area contributed by atoms with E-state index in [1.807, 2.05) is 0 Å². The second-order valence-electron chi connectivity index (χ2n) is 4.38. The van der Waals surface area contributed by atoms with Gasteiger partial charge in [0, 0.05) is 18.2 Å². The molecule has 0 aromatic heterocycles. The maximum absolute atomic E-state index is 13.4. The van der Waals surface area contributed by atoms with Gasteiger partial charge in [0.05, 0.1) is 4.92 Å². The van der Waals surface area contributed by atoms with Gasteiger partial charge in [-0.05, 0) is 25.0 Å². The van der Waals surface area contributed by atoms with Crippen molar-refractivity contribution in [3.8, 4) is 0 Å². The maximum atomic E-state index is 13.4. The number of carbonyl (C=O) groups is 2. The minimum absolute atomic E-state index is 0.0635. The lowest BCUT2D eigenvalue weighted by Crippen LogP contribution is -2.50. The van der Waals surface area contributed by atoms with Crippen molar-refractivity contribution in [2.24, 2.45) is 0 Å². The van der Waals surface area contributed by atoms with Crippen LogP contribution in [0.15, 0.2) is 18.2 Å². The largest absolute Gasteiger partial charge is 0.354 e. The molecule has 1 aromatic rings. The summed E-state index contributed by atoms with van der Waals surface area (Å²) >= 11 is 0. The summed E-state index contributed by atoms with van der Waals surface area (Å²) in [5, 5.41) is 15.6. The molecule has 1 heterocycles. The highest BCUT2D eigenvalue weighted by Crippen LogP contribution is 2.18. The monoisotopic (exact) mass is 281 g/mol. The van der Waals surface area contributed by atoms with E-state index >= 15 is 0 Å². The Bertz CT molecular complexity index is 576. The highest BCUT2D eigenvalue weighted by atomic mass is 19.1. The zero-order valence-corrected chi connectivity index (χ0v) is 10.4. The van der Waals surface area contributed by atoms with Gasteiger partial charge in [0.15, 0.2) is 0 Å². The van der Waals surface area contributed by atoms with E-state index < -0.39 is 28.4 Å². The van der Waals surface area contributed by atoms with Crippen LogP contribution in [0.1, 0.15) is 23.2 Å². The van der Waals surface area contributed by atoms with Crippen molar-refractivity contribution < 1.29 is 18.9 Å². The molecule has 1 fully saturated rings.